The number of rotatable bonds is 8. The van der Waals surface area contributed by atoms with Gasteiger partial charge in [0.1, 0.15) is 12.2 Å². The zero-order chi connectivity index (χ0) is 31.8. The number of anilines is 4. The van der Waals surface area contributed by atoms with Crippen LogP contribution in [0.15, 0.2) is 73.2 Å². The Balaban J connectivity index is 1.55. The first-order valence-corrected chi connectivity index (χ1v) is 17.0. The highest BCUT2D eigenvalue weighted by Gasteiger charge is 2.29. The largest absolute Gasteiger partial charge is 0.492 e. The summed E-state index contributed by atoms with van der Waals surface area (Å²) in [6, 6.07) is 17.5. The highest BCUT2D eigenvalue weighted by Crippen LogP contribution is 2.44. The number of nitrogens with one attached hydrogen (secondary N) is 2. The second kappa shape index (κ2) is 12.1. The second-order valence-electron chi connectivity index (χ2n) is 11.9. The highest BCUT2D eigenvalue weighted by atomic mass is 35.5. The van der Waals surface area contributed by atoms with Gasteiger partial charge in [0, 0.05) is 29.7 Å². The maximum absolute atomic E-state index is 16.1. The van der Waals surface area contributed by atoms with E-state index in [4.69, 9.17) is 16.3 Å². The van der Waals surface area contributed by atoms with Gasteiger partial charge in [-0.15, -0.1) is 0 Å². The first kappa shape index (κ1) is 31.2. The molecule has 228 valence electrons. The molecule has 5 rings (SSSR count). The molecule has 5 aromatic rings. The maximum atomic E-state index is 16.1. The molecule has 0 saturated carbocycles. The molecule has 0 saturated heterocycles. The predicted octanol–water partition coefficient (Wildman–Crippen LogP) is 8.38. The van der Waals surface area contributed by atoms with Crippen LogP contribution in [0.25, 0.3) is 22.3 Å². The van der Waals surface area contributed by atoms with Gasteiger partial charge < -0.3 is 19.9 Å². The van der Waals surface area contributed by atoms with E-state index in [2.05, 4.69) is 25.7 Å². The molecule has 11 heteroatoms. The zero-order valence-electron chi connectivity index (χ0n) is 25.7. The average molecular weight is 633 g/mol. The van der Waals surface area contributed by atoms with Crippen LogP contribution in [0.5, 0.6) is 5.75 Å². The lowest BCUT2D eigenvalue weighted by Crippen LogP contribution is -2.17. The number of benzene rings is 3. The quantitative estimate of drug-likeness (QED) is 0.166. The monoisotopic (exact) mass is 632 g/mol. The van der Waals surface area contributed by atoms with Crippen molar-refractivity contribution in [3.8, 4) is 28.0 Å². The molecule has 0 aliphatic carbocycles. The van der Waals surface area contributed by atoms with Gasteiger partial charge in [0.25, 0.3) is 0 Å². The zero-order valence-corrected chi connectivity index (χ0v) is 27.4. The van der Waals surface area contributed by atoms with Gasteiger partial charge in [-0.2, -0.15) is 10.1 Å². The number of aromatic nitrogens is 4. The molecule has 0 atom stereocenters. The Morgan fingerprint density at radius 2 is 1.68 bits per heavy atom. The minimum absolute atomic E-state index is 0.0346. The molecule has 8 nitrogen and oxygen atoms in total. The summed E-state index contributed by atoms with van der Waals surface area (Å²) in [6.45, 7) is 9.29. The normalized spacial score (nSPS) is 11.8. The SMILES string of the molecule is COc1c(Nc2ncc(Cl)c(Nc3ccc(-c4ccccc4)cc3P(C)(C)=O)n2)cc(-c2cnn(C)c2)c(C(C)(C)C)c1F. The summed E-state index contributed by atoms with van der Waals surface area (Å²) in [5.74, 6) is 0.00622. The van der Waals surface area contributed by atoms with E-state index >= 15 is 4.39 Å². The van der Waals surface area contributed by atoms with E-state index in [-0.39, 0.29) is 16.7 Å². The molecule has 2 heterocycles. The number of aryl methyl sites for hydroxylation is 1. The van der Waals surface area contributed by atoms with Gasteiger partial charge >= 0.3 is 0 Å². The Hall–Kier alpha value is -4.20. The van der Waals surface area contributed by atoms with Gasteiger partial charge in [-0.1, -0.05) is 68.8 Å². The number of hydrogen-bond acceptors (Lipinski definition) is 7. The fourth-order valence-corrected chi connectivity index (χ4v) is 6.40. The molecule has 0 radical (unpaired) electrons. The van der Waals surface area contributed by atoms with Gasteiger partial charge in [0.2, 0.25) is 5.95 Å². The van der Waals surface area contributed by atoms with E-state index in [9.17, 15) is 4.57 Å². The molecule has 44 heavy (non-hydrogen) atoms. The summed E-state index contributed by atoms with van der Waals surface area (Å²) < 4.78 is 36.7. The lowest BCUT2D eigenvalue weighted by Gasteiger charge is -2.26. The van der Waals surface area contributed by atoms with Crippen molar-refractivity contribution in [2.45, 2.75) is 26.2 Å². The van der Waals surface area contributed by atoms with Gasteiger partial charge in [-0.3, -0.25) is 4.68 Å². The van der Waals surface area contributed by atoms with Gasteiger partial charge in [-0.25, -0.2) is 9.37 Å². The van der Waals surface area contributed by atoms with E-state index in [0.29, 0.717) is 33.6 Å². The van der Waals surface area contributed by atoms with Crippen molar-refractivity contribution < 1.29 is 13.7 Å². The third-order valence-corrected chi connectivity index (χ3v) is 8.93. The Bertz CT molecular complexity index is 1880. The van der Waals surface area contributed by atoms with Crippen molar-refractivity contribution in [3.05, 3.63) is 89.6 Å². The van der Waals surface area contributed by atoms with Crippen LogP contribution < -0.4 is 20.7 Å². The van der Waals surface area contributed by atoms with Crippen molar-refractivity contribution >= 4 is 47.2 Å². The summed E-state index contributed by atoms with van der Waals surface area (Å²) in [5.41, 5.74) is 4.32. The van der Waals surface area contributed by atoms with Gasteiger partial charge in [0.15, 0.2) is 17.4 Å². The lowest BCUT2D eigenvalue weighted by molar-refractivity contribution is 0.381. The van der Waals surface area contributed by atoms with Crippen molar-refractivity contribution in [2.75, 3.05) is 31.1 Å². The van der Waals surface area contributed by atoms with Crippen LogP contribution in [0.3, 0.4) is 0 Å². The number of halogens is 2. The van der Waals surface area contributed by atoms with Crippen LogP contribution in [0, 0.1) is 5.82 Å². The summed E-state index contributed by atoms with van der Waals surface area (Å²) in [4.78, 5) is 8.94. The molecule has 0 amide bonds. The number of ether oxygens (including phenoxy) is 1. The van der Waals surface area contributed by atoms with E-state index in [0.717, 1.165) is 16.7 Å². The Morgan fingerprint density at radius 1 is 0.955 bits per heavy atom. The van der Waals surface area contributed by atoms with Crippen molar-refractivity contribution in [2.24, 2.45) is 7.05 Å². The molecule has 0 spiro atoms. The lowest BCUT2D eigenvalue weighted by atomic mass is 9.81. The Kier molecular flexibility index (Phi) is 8.56. The number of hydrogen-bond donors (Lipinski definition) is 2. The summed E-state index contributed by atoms with van der Waals surface area (Å²) in [7, 11) is 0.513. The molecule has 2 N–H and O–H groups in total. The van der Waals surface area contributed by atoms with Crippen molar-refractivity contribution in [1.29, 1.82) is 0 Å². The van der Waals surface area contributed by atoms with Crippen LogP contribution >= 0.6 is 18.7 Å². The average Bonchev–Trinajstić information content (AvgIpc) is 3.40. The maximum Gasteiger partial charge on any atom is 0.229 e. The highest BCUT2D eigenvalue weighted by molar-refractivity contribution is 7.70. The fourth-order valence-electron chi connectivity index (χ4n) is 5.10. The summed E-state index contributed by atoms with van der Waals surface area (Å²) in [5, 5.41) is 11.6. The first-order valence-electron chi connectivity index (χ1n) is 14.0. The molecule has 0 aliphatic rings. The van der Waals surface area contributed by atoms with E-state index < -0.39 is 18.4 Å². The number of nitrogens with zero attached hydrogens (tertiary/aromatic N) is 4. The first-order chi connectivity index (χ1) is 20.8. The third kappa shape index (κ3) is 6.49. The standard InChI is InChI=1S/C33H35ClFN6O2P/c1-33(2,3)28-23(22-17-37-41(4)19-22)16-26(30(43-5)29(28)35)39-32-36-18-24(34)31(40-32)38-25-14-13-21(15-27(25)44(6,7)42)20-11-9-8-10-12-20/h8-19H,1-7H3,(H2,36,38,39,40). The minimum atomic E-state index is -2.72. The summed E-state index contributed by atoms with van der Waals surface area (Å²) in [6.07, 6.45) is 4.98. The molecule has 0 aliphatic heterocycles. The van der Waals surface area contributed by atoms with Crippen LogP contribution in [0.2, 0.25) is 5.02 Å². The fraction of sp³-hybridized carbons (Fsp3) is 0.242. The molecule has 2 aromatic heterocycles. The molecular weight excluding hydrogens is 598 g/mol. The molecular formula is C33H35ClFN6O2P. The van der Waals surface area contributed by atoms with E-state index in [1.54, 1.807) is 24.2 Å². The minimum Gasteiger partial charge on any atom is -0.492 e. The topological polar surface area (TPSA) is 94.0 Å². The molecule has 0 bridgehead atoms. The molecule has 0 unspecified atom stereocenters. The van der Waals surface area contributed by atoms with Crippen molar-refractivity contribution in [3.63, 3.8) is 0 Å². The smallest absolute Gasteiger partial charge is 0.229 e. The number of methoxy groups -OCH3 is 1. The van der Waals surface area contributed by atoms with Crippen molar-refractivity contribution in [1.82, 2.24) is 19.7 Å². The predicted molar refractivity (Wildman–Crippen MR) is 178 cm³/mol. The Labute approximate surface area is 262 Å². The Morgan fingerprint density at radius 3 is 2.30 bits per heavy atom. The van der Waals surface area contributed by atoms with Crippen LogP contribution in [0.4, 0.5) is 27.5 Å². The summed E-state index contributed by atoms with van der Waals surface area (Å²) >= 11 is 6.53. The second-order valence-corrected chi connectivity index (χ2v) is 15.5. The van der Waals surface area contributed by atoms with Gasteiger partial charge in [0.05, 0.1) is 30.9 Å². The van der Waals surface area contributed by atoms with Crippen LogP contribution in [0.1, 0.15) is 26.3 Å². The van der Waals surface area contributed by atoms with E-state index in [1.165, 1.54) is 13.3 Å². The molecule has 0 fully saturated rings. The van der Waals surface area contributed by atoms with Gasteiger partial charge in [-0.05, 0) is 53.6 Å². The molecule has 3 aromatic carbocycles. The third-order valence-electron chi connectivity index (χ3n) is 7.12. The van der Waals surface area contributed by atoms with Crippen LogP contribution in [-0.2, 0) is 17.0 Å². The van der Waals surface area contributed by atoms with Crippen LogP contribution in [-0.4, -0.2) is 40.2 Å². The van der Waals surface area contributed by atoms with E-state index in [1.807, 2.05) is 88.6 Å².